The van der Waals surface area contributed by atoms with Gasteiger partial charge in [0.25, 0.3) is 0 Å². The Hall–Kier alpha value is -0.780. The number of nitrogens with zero attached hydrogens (tertiary/aromatic N) is 3. The molecule has 3 N–H and O–H groups in total. The van der Waals surface area contributed by atoms with Crippen molar-refractivity contribution in [2.24, 2.45) is 5.73 Å². The van der Waals surface area contributed by atoms with E-state index in [1.807, 2.05) is 0 Å². The first-order chi connectivity index (χ1) is 12.5. The smallest absolute Gasteiger partial charge is 0.409 e. The van der Waals surface area contributed by atoms with Gasteiger partial charge in [0.2, 0.25) is 0 Å². The molecule has 1 aliphatic rings. The van der Waals surface area contributed by atoms with E-state index in [1.165, 1.54) is 4.67 Å². The number of piperazine rings is 1. The molecule has 0 aliphatic carbocycles. The minimum atomic E-state index is -3.15. The van der Waals surface area contributed by atoms with E-state index in [-0.39, 0.29) is 33.2 Å². The number of aliphatic hydroxyl groups is 1. The van der Waals surface area contributed by atoms with Crippen molar-refractivity contribution >= 4 is 13.8 Å². The maximum Gasteiger partial charge on any atom is 0.409 e. The largest absolute Gasteiger partial charge is 0.447 e. The molecule has 1 rings (SSSR count). The number of ether oxygens (including phenoxy) is 3. The zero-order valence-electron chi connectivity index (χ0n) is 15.5. The summed E-state index contributed by atoms with van der Waals surface area (Å²) in [6.07, 6.45) is -0.427. The van der Waals surface area contributed by atoms with Gasteiger partial charge in [0.05, 0.1) is 33.0 Å². The lowest BCUT2D eigenvalue weighted by Crippen LogP contribution is -2.49. The maximum absolute atomic E-state index is 12.9. The first kappa shape index (κ1) is 23.3. The lowest BCUT2D eigenvalue weighted by molar-refractivity contribution is 0.0127. The average molecular weight is 398 g/mol. The lowest BCUT2D eigenvalue weighted by atomic mass is 10.4. The fraction of sp³-hybridized carbons (Fsp3) is 0.929. The molecule has 0 bridgehead atoms. The van der Waals surface area contributed by atoms with Crippen LogP contribution in [0.5, 0.6) is 0 Å². The molecule has 12 heteroatoms. The maximum atomic E-state index is 12.9. The Morgan fingerprint density at radius 2 is 1.65 bits per heavy atom. The van der Waals surface area contributed by atoms with Crippen molar-refractivity contribution in [2.75, 3.05) is 86.6 Å². The summed E-state index contributed by atoms with van der Waals surface area (Å²) in [5.74, 6) is 0. The molecule has 1 unspecified atom stereocenters. The van der Waals surface area contributed by atoms with Crippen LogP contribution in [0.25, 0.3) is 0 Å². The predicted octanol–water partition coefficient (Wildman–Crippen LogP) is -0.631. The number of amides is 1. The van der Waals surface area contributed by atoms with Gasteiger partial charge in [-0.1, -0.05) is 0 Å². The number of aliphatic hydroxyl groups excluding tert-OH is 1. The van der Waals surface area contributed by atoms with Crippen molar-refractivity contribution in [3.05, 3.63) is 0 Å². The number of rotatable bonds is 12. The van der Waals surface area contributed by atoms with Crippen molar-refractivity contribution in [1.29, 1.82) is 0 Å². The summed E-state index contributed by atoms with van der Waals surface area (Å²) in [6, 6.07) is 0. The van der Waals surface area contributed by atoms with E-state index in [0.29, 0.717) is 39.4 Å². The Kier molecular flexibility index (Phi) is 11.3. The Morgan fingerprint density at radius 1 is 1.08 bits per heavy atom. The van der Waals surface area contributed by atoms with Gasteiger partial charge in [0.1, 0.15) is 13.3 Å². The highest BCUT2D eigenvalue weighted by Crippen LogP contribution is 2.52. The van der Waals surface area contributed by atoms with Crippen LogP contribution in [0.15, 0.2) is 0 Å². The van der Waals surface area contributed by atoms with Crippen LogP contribution in [0.1, 0.15) is 0 Å². The Morgan fingerprint density at radius 3 is 2.19 bits per heavy atom. The van der Waals surface area contributed by atoms with E-state index in [9.17, 15) is 9.36 Å². The molecular weight excluding hydrogens is 367 g/mol. The normalized spacial score (nSPS) is 18.1. The Bertz CT molecular complexity index is 447. The molecule has 0 aromatic carbocycles. The van der Waals surface area contributed by atoms with Crippen molar-refractivity contribution in [2.45, 2.75) is 0 Å². The molecule has 1 heterocycles. The summed E-state index contributed by atoms with van der Waals surface area (Å²) in [7, 11) is 0.195. The summed E-state index contributed by atoms with van der Waals surface area (Å²) in [5.41, 5.74) is 5.38. The van der Waals surface area contributed by atoms with Crippen molar-refractivity contribution in [1.82, 2.24) is 14.2 Å². The highest BCUT2D eigenvalue weighted by Gasteiger charge is 2.37. The summed E-state index contributed by atoms with van der Waals surface area (Å²) < 4.78 is 36.8. The van der Waals surface area contributed by atoms with E-state index < -0.39 is 13.8 Å². The molecule has 1 saturated heterocycles. The third kappa shape index (κ3) is 7.45. The summed E-state index contributed by atoms with van der Waals surface area (Å²) in [6.45, 7) is 2.88. The molecular formula is C14H31N4O7P. The predicted molar refractivity (Wildman–Crippen MR) is 94.7 cm³/mol. The van der Waals surface area contributed by atoms with Gasteiger partial charge in [-0.15, -0.1) is 0 Å². The van der Waals surface area contributed by atoms with Gasteiger partial charge in [0, 0.05) is 26.2 Å². The van der Waals surface area contributed by atoms with Crippen molar-refractivity contribution in [3.8, 4) is 0 Å². The number of carbonyl (C=O) groups is 1. The highest BCUT2D eigenvalue weighted by atomic mass is 31.2. The molecule has 1 amide bonds. The van der Waals surface area contributed by atoms with Gasteiger partial charge < -0.3 is 30.0 Å². The minimum Gasteiger partial charge on any atom is -0.447 e. The molecule has 11 nitrogen and oxygen atoms in total. The molecule has 1 atom stereocenters. The second-order valence-electron chi connectivity index (χ2n) is 5.64. The summed E-state index contributed by atoms with van der Waals surface area (Å²) in [5, 5.41) is 8.55. The first-order valence-corrected chi connectivity index (χ1v) is 10.0. The lowest BCUT2D eigenvalue weighted by Gasteiger charge is -2.39. The monoisotopic (exact) mass is 398 g/mol. The van der Waals surface area contributed by atoms with Crippen LogP contribution in [0.2, 0.25) is 0 Å². The van der Waals surface area contributed by atoms with Crippen molar-refractivity contribution < 1.29 is 33.2 Å². The van der Waals surface area contributed by atoms with Gasteiger partial charge in [-0.05, 0) is 14.1 Å². The molecule has 0 aromatic rings. The van der Waals surface area contributed by atoms with Crippen LogP contribution in [0.4, 0.5) is 4.79 Å². The first-order valence-electron chi connectivity index (χ1n) is 8.51. The second kappa shape index (κ2) is 12.6. The van der Waals surface area contributed by atoms with E-state index in [1.54, 1.807) is 23.7 Å². The number of hydrogen-bond acceptors (Lipinski definition) is 8. The van der Waals surface area contributed by atoms with Gasteiger partial charge in [-0.25, -0.2) is 14.1 Å². The molecule has 26 heavy (non-hydrogen) atoms. The van der Waals surface area contributed by atoms with Gasteiger partial charge in [-0.3, -0.25) is 9.09 Å². The molecule has 1 aliphatic heterocycles. The third-order valence-corrected chi connectivity index (χ3v) is 6.29. The highest BCUT2D eigenvalue weighted by molar-refractivity contribution is 7.53. The number of carbonyl (C=O) groups excluding carboxylic acids is 1. The van der Waals surface area contributed by atoms with Crippen LogP contribution in [0.3, 0.4) is 0 Å². The van der Waals surface area contributed by atoms with Crippen molar-refractivity contribution in [3.63, 3.8) is 0 Å². The van der Waals surface area contributed by atoms with Gasteiger partial charge in [0.15, 0.2) is 0 Å². The SMILES string of the molecule is CN(C)P(=O)(OCN)N1CCN(C(=O)OCCOCCOCCO)CC1. The van der Waals surface area contributed by atoms with Crippen LogP contribution in [-0.4, -0.2) is 112 Å². The Labute approximate surface area is 154 Å². The van der Waals surface area contributed by atoms with Crippen LogP contribution in [-0.2, 0) is 23.3 Å². The zero-order chi connectivity index (χ0) is 19.4. The number of hydrogen-bond donors (Lipinski definition) is 2. The van der Waals surface area contributed by atoms with E-state index in [2.05, 4.69) is 0 Å². The molecule has 154 valence electrons. The van der Waals surface area contributed by atoms with Crippen LogP contribution < -0.4 is 5.73 Å². The van der Waals surface area contributed by atoms with Crippen LogP contribution >= 0.6 is 7.67 Å². The fourth-order valence-electron chi connectivity index (χ4n) is 2.34. The quantitative estimate of drug-likeness (QED) is 0.249. The summed E-state index contributed by atoms with van der Waals surface area (Å²) in [4.78, 5) is 13.6. The molecule has 0 spiro atoms. The van der Waals surface area contributed by atoms with E-state index >= 15 is 0 Å². The van der Waals surface area contributed by atoms with Gasteiger partial charge >= 0.3 is 13.8 Å². The topological polar surface area (TPSA) is 127 Å². The zero-order valence-corrected chi connectivity index (χ0v) is 16.4. The minimum absolute atomic E-state index is 0.0206. The summed E-state index contributed by atoms with van der Waals surface area (Å²) >= 11 is 0. The van der Waals surface area contributed by atoms with Crippen LogP contribution in [0, 0.1) is 0 Å². The molecule has 0 saturated carbocycles. The fourth-order valence-corrected chi connectivity index (χ4v) is 4.12. The molecule has 0 radical (unpaired) electrons. The number of nitrogens with two attached hydrogens (primary N) is 1. The van der Waals surface area contributed by atoms with Gasteiger partial charge in [-0.2, -0.15) is 0 Å². The van der Waals surface area contributed by atoms with E-state index in [4.69, 9.17) is 29.6 Å². The Balaban J connectivity index is 2.24. The second-order valence-corrected chi connectivity index (χ2v) is 8.24. The average Bonchev–Trinajstić information content (AvgIpc) is 2.63. The third-order valence-electron chi connectivity index (χ3n) is 3.68. The molecule has 1 fully saturated rings. The molecule has 0 aromatic heterocycles. The standard InChI is InChI=1S/C14H31N4O7P/c1-16(2)26(21,25-13-15)18-5-3-17(4-6-18)14(20)24-12-11-23-10-9-22-8-7-19/h19H,3-13,15H2,1-2H3. The van der Waals surface area contributed by atoms with E-state index in [0.717, 1.165) is 0 Å².